The summed E-state index contributed by atoms with van der Waals surface area (Å²) >= 11 is 0.858. The molecule has 18 nitrogen and oxygen atoms in total. The molecule has 0 aliphatic carbocycles. The lowest BCUT2D eigenvalue weighted by Gasteiger charge is -1.98. The van der Waals surface area contributed by atoms with Crippen LogP contribution in [0.15, 0.2) is 0 Å². The standard InChI is InChI=1S/HIO18S/c1-20(3,4)19-18-17-16-15-14-13-12-11-10-9-8-7-6-5-2/h2H. The van der Waals surface area contributed by atoms with Crippen LogP contribution in [0.2, 0.25) is 0 Å². The second-order valence-electron chi connectivity index (χ2n) is 1.42. The highest BCUT2D eigenvalue weighted by atomic mass is 127. The van der Waals surface area contributed by atoms with Gasteiger partial charge < -0.3 is 0 Å². The van der Waals surface area contributed by atoms with Crippen LogP contribution in [-0.4, -0.2) is 13.7 Å². The molecule has 0 rings (SSSR count). The lowest BCUT2D eigenvalue weighted by Crippen LogP contribution is -2.05. The Balaban J connectivity index is 3.03. The molecule has 0 saturated carbocycles. The normalized spacial score (nSPS) is 11.9. The summed E-state index contributed by atoms with van der Waals surface area (Å²) in [7, 11) is -3.95. The van der Waals surface area contributed by atoms with E-state index in [-0.39, 0.29) is 0 Å². The second-order valence-corrected chi connectivity index (χ2v) is 5.58. The highest BCUT2D eigenvalue weighted by molar-refractivity contribution is 14.2. The molecule has 0 aliphatic heterocycles. The molecule has 1 N–H and O–H groups in total. The van der Waals surface area contributed by atoms with Gasteiger partial charge >= 0.3 is 7.29 Å². The van der Waals surface area contributed by atoms with Gasteiger partial charge in [-0.1, -0.05) is 4.33 Å². The summed E-state index contributed by atoms with van der Waals surface area (Å²) in [6, 6.07) is 0. The Morgan fingerprint density at radius 3 is 1.20 bits per heavy atom. The van der Waals surface area contributed by atoms with Crippen molar-refractivity contribution in [2.45, 2.75) is 0 Å². The minimum absolute atomic E-state index is 0.858. The third kappa shape index (κ3) is 18.0. The lowest BCUT2D eigenvalue weighted by molar-refractivity contribution is -0.882. The van der Waals surface area contributed by atoms with Crippen LogP contribution in [0, 0.1) is 0 Å². The maximum absolute atomic E-state index is 10.2. The van der Waals surface area contributed by atoms with Crippen molar-refractivity contribution in [3.8, 4) is 0 Å². The van der Waals surface area contributed by atoms with E-state index in [4.69, 9.17) is 5.26 Å². The Morgan fingerprint density at radius 2 is 0.900 bits per heavy atom. The van der Waals surface area contributed by atoms with Crippen LogP contribution in [0.3, 0.4) is 0 Å². The van der Waals surface area contributed by atoms with Crippen molar-refractivity contribution in [1.82, 2.24) is 0 Å². The summed E-state index contributed by atoms with van der Waals surface area (Å²) in [6.07, 6.45) is 0. The minimum Gasteiger partial charge on any atom is -0.219 e. The monoisotopic (exact) mass is 448 g/mol. The van der Waals surface area contributed by atoms with Crippen molar-refractivity contribution in [3.05, 3.63) is 0 Å². The van der Waals surface area contributed by atoms with Gasteiger partial charge in [0.15, 0.2) is 0 Å². The van der Waals surface area contributed by atoms with E-state index in [0.29, 0.717) is 0 Å². The smallest absolute Gasteiger partial charge is 0.219 e. The fraction of sp³-hybridized carbons (Fsp3) is 0. The molecule has 0 amide bonds. The topological polar surface area (TPSA) is 193 Å². The number of halogens is 1. The first-order chi connectivity index (χ1) is 9.56. The molecule has 122 valence electrons. The van der Waals surface area contributed by atoms with Crippen molar-refractivity contribution in [2.75, 3.05) is 0 Å². The van der Waals surface area contributed by atoms with Crippen LogP contribution in [0.5, 0.6) is 0 Å². The molecule has 0 radical (unpaired) electrons. The van der Waals surface area contributed by atoms with Crippen LogP contribution >= 0.6 is 21.2 Å². The molecule has 0 fully saturated rings. The molecule has 20 heteroatoms. The van der Waals surface area contributed by atoms with Crippen LogP contribution in [0.25, 0.3) is 0 Å². The Hall–Kier alpha value is 0.0400. The number of hydrogen-bond donors (Lipinski definition) is 1. The van der Waals surface area contributed by atoms with E-state index in [1.807, 2.05) is 0 Å². The maximum atomic E-state index is 10.2. The van der Waals surface area contributed by atoms with Crippen molar-refractivity contribution in [2.24, 2.45) is 0 Å². The third-order valence-electron chi connectivity index (χ3n) is 0.473. The first-order valence-corrected chi connectivity index (χ1v) is 7.12. The van der Waals surface area contributed by atoms with Crippen molar-refractivity contribution in [1.29, 1.82) is 0 Å². The SMILES string of the molecule is O=S(=O)(I)OOOOOOOOOOOOOOOO. The van der Waals surface area contributed by atoms with Gasteiger partial charge in [-0.15, -0.1) is 0 Å². The maximum Gasteiger partial charge on any atom is 0.349 e. The van der Waals surface area contributed by atoms with Crippen molar-refractivity contribution >= 4 is 28.5 Å². The fourth-order valence-corrected chi connectivity index (χ4v) is 0.451. The summed E-state index contributed by atoms with van der Waals surface area (Å²) in [4.78, 5) is 0. The predicted molar refractivity (Wildman–Crippen MR) is 41.8 cm³/mol. The quantitative estimate of drug-likeness (QED) is 0.107. The van der Waals surface area contributed by atoms with E-state index in [9.17, 15) is 8.42 Å². The largest absolute Gasteiger partial charge is 0.349 e. The molecule has 0 aromatic heterocycles. The van der Waals surface area contributed by atoms with Gasteiger partial charge in [0.2, 0.25) is 0 Å². The molecule has 20 heavy (non-hydrogen) atoms. The Labute approximate surface area is 117 Å². The van der Waals surface area contributed by atoms with E-state index < -0.39 is 7.29 Å². The molecule has 0 heterocycles. The van der Waals surface area contributed by atoms with Gasteiger partial charge in [-0.25, -0.2) is 5.26 Å². The molecule has 0 bridgehead atoms. The molecule has 0 aromatic rings. The summed E-state index contributed by atoms with van der Waals surface area (Å²) in [6.45, 7) is 0. The van der Waals surface area contributed by atoms with Crippen molar-refractivity contribution in [3.63, 3.8) is 0 Å². The minimum atomic E-state index is -3.95. The van der Waals surface area contributed by atoms with Gasteiger partial charge in [-0.05, 0) is 70.5 Å². The van der Waals surface area contributed by atoms with Gasteiger partial charge in [0.05, 0.1) is 0 Å². The predicted octanol–water partition coefficient (Wildman–Crippen LogP) is -0.802. The van der Waals surface area contributed by atoms with E-state index in [0.717, 1.165) is 21.2 Å². The Bertz CT molecular complexity index is 280. The Morgan fingerprint density at radius 1 is 0.600 bits per heavy atom. The van der Waals surface area contributed by atoms with E-state index in [1.165, 1.54) is 0 Å². The fourth-order valence-electron chi connectivity index (χ4n) is 0.182. The van der Waals surface area contributed by atoms with E-state index in [2.05, 4.69) is 74.9 Å². The zero-order valence-corrected chi connectivity index (χ0v) is 11.1. The molecule has 0 atom stereocenters. The summed E-state index contributed by atoms with van der Waals surface area (Å²) in [5, 5.41) is 54.6. The van der Waals surface area contributed by atoms with Gasteiger partial charge in [0, 0.05) is 0 Å². The zero-order valence-electron chi connectivity index (χ0n) is 8.17. The highest BCUT2D eigenvalue weighted by Crippen LogP contribution is 2.04. The highest BCUT2D eigenvalue weighted by Gasteiger charge is 2.06. The van der Waals surface area contributed by atoms with Gasteiger partial charge in [0.25, 0.3) is 0 Å². The van der Waals surface area contributed by atoms with Crippen LogP contribution in [0.4, 0.5) is 0 Å². The molecule has 0 unspecified atom stereocenters. The van der Waals surface area contributed by atoms with E-state index in [1.54, 1.807) is 0 Å². The summed E-state index contributed by atoms with van der Waals surface area (Å²) < 4.78 is 24.0. The zero-order chi connectivity index (χ0) is 15.1. The molecular formula is HIO18S. The summed E-state index contributed by atoms with van der Waals surface area (Å²) in [5.41, 5.74) is 0. The van der Waals surface area contributed by atoms with Crippen LogP contribution in [-0.2, 0) is 82.2 Å². The molecular weight excluding hydrogens is 447 g/mol. The molecule has 0 spiro atoms. The number of rotatable bonds is 15. The van der Waals surface area contributed by atoms with Gasteiger partial charge in [-0.2, -0.15) is 8.42 Å². The first-order valence-electron chi connectivity index (χ1n) is 3.17. The molecule has 0 saturated heterocycles. The molecule has 0 aromatic carbocycles. The lowest BCUT2D eigenvalue weighted by atomic mass is 14.0. The van der Waals surface area contributed by atoms with Gasteiger partial charge in [-0.3, -0.25) is 0 Å². The Kier molecular flexibility index (Phi) is 14.0. The second kappa shape index (κ2) is 14.0. The summed E-state index contributed by atoms with van der Waals surface area (Å²) in [5.74, 6) is 0. The van der Waals surface area contributed by atoms with Crippen LogP contribution < -0.4 is 0 Å². The third-order valence-corrected chi connectivity index (χ3v) is 1.13. The van der Waals surface area contributed by atoms with Gasteiger partial charge in [0.1, 0.15) is 21.2 Å². The molecule has 0 aliphatic rings. The number of hydrogen-bond acceptors (Lipinski definition) is 18. The average Bonchev–Trinajstić information content (AvgIpc) is 2.38. The van der Waals surface area contributed by atoms with E-state index >= 15 is 0 Å². The average molecular weight is 448 g/mol. The van der Waals surface area contributed by atoms with Crippen molar-refractivity contribution < 1.29 is 88.5 Å². The van der Waals surface area contributed by atoms with Crippen LogP contribution in [0.1, 0.15) is 0 Å². The first kappa shape index (κ1) is 20.0.